The number of halogens is 1. The molecule has 1 aromatic heterocycles. The summed E-state index contributed by atoms with van der Waals surface area (Å²) < 4.78 is 0. The second kappa shape index (κ2) is 8.32. The van der Waals surface area contributed by atoms with E-state index in [1.165, 1.54) is 11.3 Å². The molecule has 1 unspecified atom stereocenters. The molecule has 0 aliphatic carbocycles. The maximum atomic E-state index is 12.2. The van der Waals surface area contributed by atoms with Crippen molar-refractivity contribution in [2.45, 2.75) is 19.3 Å². The first-order chi connectivity index (χ1) is 10.3. The zero-order valence-corrected chi connectivity index (χ0v) is 14.0. The van der Waals surface area contributed by atoms with E-state index in [9.17, 15) is 4.79 Å². The molecule has 5 heteroatoms. The summed E-state index contributed by atoms with van der Waals surface area (Å²) in [5.41, 5.74) is 2.01. The molecule has 1 aliphatic rings. The Bertz CT molecular complexity index is 594. The lowest BCUT2D eigenvalue weighted by Gasteiger charge is -2.11. The molecule has 1 aromatic carbocycles. The van der Waals surface area contributed by atoms with Crippen LogP contribution in [0.15, 0.2) is 41.8 Å². The molecule has 0 saturated carbocycles. The van der Waals surface area contributed by atoms with Gasteiger partial charge in [-0.25, -0.2) is 0 Å². The van der Waals surface area contributed by atoms with E-state index in [0.717, 1.165) is 30.8 Å². The first-order valence-electron chi connectivity index (χ1n) is 7.46. The maximum absolute atomic E-state index is 12.2. The number of carbonyl (C=O) groups is 1. The van der Waals surface area contributed by atoms with Crippen LogP contribution in [0.3, 0.4) is 0 Å². The number of benzene rings is 1. The molecule has 0 radical (unpaired) electrons. The first-order valence-corrected chi connectivity index (χ1v) is 8.34. The van der Waals surface area contributed by atoms with E-state index in [-0.39, 0.29) is 18.3 Å². The summed E-state index contributed by atoms with van der Waals surface area (Å²) in [6, 6.07) is 12.1. The maximum Gasteiger partial charge on any atom is 0.224 e. The van der Waals surface area contributed by atoms with Gasteiger partial charge in [0.05, 0.1) is 0 Å². The number of nitrogens with one attached hydrogen (secondary N) is 2. The molecule has 118 valence electrons. The van der Waals surface area contributed by atoms with Gasteiger partial charge in [0.25, 0.3) is 0 Å². The SMILES string of the molecule is Cl.O=C(CCC1CCNC1)Nc1ccccc1-c1cccs1. The molecule has 3 rings (SSSR count). The molecule has 3 nitrogen and oxygen atoms in total. The summed E-state index contributed by atoms with van der Waals surface area (Å²) in [5, 5.41) is 8.47. The van der Waals surface area contributed by atoms with Crippen molar-refractivity contribution in [3.8, 4) is 10.4 Å². The Morgan fingerprint density at radius 2 is 2.14 bits per heavy atom. The van der Waals surface area contributed by atoms with E-state index >= 15 is 0 Å². The summed E-state index contributed by atoms with van der Waals surface area (Å²) >= 11 is 1.69. The zero-order valence-electron chi connectivity index (χ0n) is 12.4. The minimum Gasteiger partial charge on any atom is -0.325 e. The van der Waals surface area contributed by atoms with Crippen molar-refractivity contribution in [3.63, 3.8) is 0 Å². The smallest absolute Gasteiger partial charge is 0.224 e. The largest absolute Gasteiger partial charge is 0.325 e. The molecule has 1 aliphatic heterocycles. The number of para-hydroxylation sites is 1. The van der Waals surface area contributed by atoms with Crippen molar-refractivity contribution < 1.29 is 4.79 Å². The lowest BCUT2D eigenvalue weighted by molar-refractivity contribution is -0.116. The third-order valence-electron chi connectivity index (χ3n) is 3.93. The Balaban J connectivity index is 0.00000176. The number of hydrogen-bond acceptors (Lipinski definition) is 3. The van der Waals surface area contributed by atoms with Gasteiger partial charge in [0, 0.05) is 22.5 Å². The van der Waals surface area contributed by atoms with Gasteiger partial charge in [-0.2, -0.15) is 0 Å². The van der Waals surface area contributed by atoms with Crippen LogP contribution in [-0.4, -0.2) is 19.0 Å². The van der Waals surface area contributed by atoms with Gasteiger partial charge in [-0.1, -0.05) is 24.3 Å². The predicted molar refractivity (Wildman–Crippen MR) is 95.8 cm³/mol. The molecule has 2 N–H and O–H groups in total. The minimum atomic E-state index is 0. The molecule has 1 atom stereocenters. The van der Waals surface area contributed by atoms with E-state index in [4.69, 9.17) is 0 Å². The highest BCUT2D eigenvalue weighted by atomic mass is 35.5. The van der Waals surface area contributed by atoms with Gasteiger partial charge in [-0.3, -0.25) is 4.79 Å². The van der Waals surface area contributed by atoms with Gasteiger partial charge in [0.1, 0.15) is 0 Å². The van der Waals surface area contributed by atoms with Crippen LogP contribution in [-0.2, 0) is 4.79 Å². The fraction of sp³-hybridized carbons (Fsp3) is 0.353. The highest BCUT2D eigenvalue weighted by Gasteiger charge is 2.16. The van der Waals surface area contributed by atoms with Crippen LogP contribution in [0.25, 0.3) is 10.4 Å². The van der Waals surface area contributed by atoms with Crippen LogP contribution in [0, 0.1) is 5.92 Å². The number of rotatable bonds is 5. The lowest BCUT2D eigenvalue weighted by atomic mass is 10.0. The van der Waals surface area contributed by atoms with Gasteiger partial charge >= 0.3 is 0 Å². The Kier molecular flexibility index (Phi) is 6.43. The normalized spacial score (nSPS) is 17.0. The molecular weight excluding hydrogens is 316 g/mol. The van der Waals surface area contributed by atoms with E-state index in [0.29, 0.717) is 12.3 Å². The molecule has 1 fully saturated rings. The predicted octanol–water partition coefficient (Wildman–Crippen LogP) is 4.17. The number of thiophene rings is 1. The fourth-order valence-corrected chi connectivity index (χ4v) is 3.51. The van der Waals surface area contributed by atoms with Gasteiger partial charge in [0.15, 0.2) is 0 Å². The molecular formula is C17H21ClN2OS. The topological polar surface area (TPSA) is 41.1 Å². The standard InChI is InChI=1S/C17H20N2OS.ClH/c20-17(8-7-13-9-10-18-12-13)19-15-5-2-1-4-14(15)16-6-3-11-21-16;/h1-6,11,13,18H,7-10,12H2,(H,19,20);1H. The highest BCUT2D eigenvalue weighted by molar-refractivity contribution is 7.13. The van der Waals surface area contributed by atoms with Crippen LogP contribution in [0.1, 0.15) is 19.3 Å². The zero-order chi connectivity index (χ0) is 14.5. The van der Waals surface area contributed by atoms with Gasteiger partial charge in [-0.05, 0) is 49.4 Å². The Hall–Kier alpha value is -1.36. The van der Waals surface area contributed by atoms with Gasteiger partial charge in [0.2, 0.25) is 5.91 Å². The van der Waals surface area contributed by atoms with E-state index in [1.807, 2.05) is 24.3 Å². The van der Waals surface area contributed by atoms with Crippen LogP contribution in [0.2, 0.25) is 0 Å². The number of amides is 1. The van der Waals surface area contributed by atoms with Crippen LogP contribution in [0.5, 0.6) is 0 Å². The van der Waals surface area contributed by atoms with E-state index in [1.54, 1.807) is 11.3 Å². The summed E-state index contributed by atoms with van der Waals surface area (Å²) in [6.45, 7) is 2.15. The molecule has 2 heterocycles. The van der Waals surface area contributed by atoms with Crippen molar-refractivity contribution in [1.29, 1.82) is 0 Å². The molecule has 22 heavy (non-hydrogen) atoms. The average molecular weight is 337 g/mol. The summed E-state index contributed by atoms with van der Waals surface area (Å²) in [6.07, 6.45) is 2.77. The fourth-order valence-electron chi connectivity index (χ4n) is 2.75. The van der Waals surface area contributed by atoms with Gasteiger partial charge < -0.3 is 10.6 Å². The third-order valence-corrected chi connectivity index (χ3v) is 4.83. The van der Waals surface area contributed by atoms with E-state index < -0.39 is 0 Å². The van der Waals surface area contributed by atoms with E-state index in [2.05, 4.69) is 28.1 Å². The minimum absolute atomic E-state index is 0. The number of anilines is 1. The molecule has 0 bridgehead atoms. The third kappa shape index (κ3) is 4.32. The number of hydrogen-bond donors (Lipinski definition) is 2. The quantitative estimate of drug-likeness (QED) is 0.860. The van der Waals surface area contributed by atoms with Crippen molar-refractivity contribution in [2.75, 3.05) is 18.4 Å². The Labute approximate surface area is 141 Å². The van der Waals surface area contributed by atoms with Crippen molar-refractivity contribution >= 4 is 35.3 Å². The Morgan fingerprint density at radius 1 is 1.27 bits per heavy atom. The van der Waals surface area contributed by atoms with Crippen molar-refractivity contribution in [2.24, 2.45) is 5.92 Å². The van der Waals surface area contributed by atoms with Crippen LogP contribution in [0.4, 0.5) is 5.69 Å². The Morgan fingerprint density at radius 3 is 2.86 bits per heavy atom. The molecule has 1 saturated heterocycles. The second-order valence-corrected chi connectivity index (χ2v) is 6.42. The van der Waals surface area contributed by atoms with Crippen molar-refractivity contribution in [3.05, 3.63) is 41.8 Å². The van der Waals surface area contributed by atoms with Crippen molar-refractivity contribution in [1.82, 2.24) is 5.32 Å². The van der Waals surface area contributed by atoms with Gasteiger partial charge in [-0.15, -0.1) is 23.7 Å². The lowest BCUT2D eigenvalue weighted by Crippen LogP contribution is -2.15. The number of carbonyl (C=O) groups excluding carboxylic acids is 1. The summed E-state index contributed by atoms with van der Waals surface area (Å²) in [5.74, 6) is 0.772. The first kappa shape index (κ1) is 17.0. The summed E-state index contributed by atoms with van der Waals surface area (Å²) in [7, 11) is 0. The monoisotopic (exact) mass is 336 g/mol. The molecule has 2 aromatic rings. The molecule has 0 spiro atoms. The average Bonchev–Trinajstić information content (AvgIpc) is 3.19. The second-order valence-electron chi connectivity index (χ2n) is 5.47. The summed E-state index contributed by atoms with van der Waals surface area (Å²) in [4.78, 5) is 13.3. The molecule has 1 amide bonds. The highest BCUT2D eigenvalue weighted by Crippen LogP contribution is 2.31. The van der Waals surface area contributed by atoms with Crippen LogP contribution < -0.4 is 10.6 Å². The van der Waals surface area contributed by atoms with Crippen LogP contribution >= 0.6 is 23.7 Å².